The number of nitrogens with two attached hydrogens (primary N) is 1. The summed E-state index contributed by atoms with van der Waals surface area (Å²) in [4.78, 5) is 24.5. The fraction of sp³-hybridized carbons (Fsp3) is 0.235. The molecule has 1 amide bonds. The normalized spacial score (nSPS) is 10.4. The molecule has 0 fully saturated rings. The van der Waals surface area contributed by atoms with Gasteiger partial charge >= 0.3 is 0 Å². The van der Waals surface area contributed by atoms with E-state index in [2.05, 4.69) is 0 Å². The van der Waals surface area contributed by atoms with E-state index in [0.29, 0.717) is 5.69 Å². The Morgan fingerprint density at radius 2 is 1.91 bits per heavy atom. The summed E-state index contributed by atoms with van der Waals surface area (Å²) < 4.78 is 0. The molecule has 2 rings (SSSR count). The van der Waals surface area contributed by atoms with E-state index >= 15 is 0 Å². The molecule has 0 bridgehead atoms. The molecule has 0 aliphatic heterocycles. The number of nitro groups is 1. The summed E-state index contributed by atoms with van der Waals surface area (Å²) in [5, 5.41) is 11.1. The van der Waals surface area contributed by atoms with Gasteiger partial charge in [0.15, 0.2) is 0 Å². The van der Waals surface area contributed by atoms with Gasteiger partial charge < -0.3 is 5.73 Å². The van der Waals surface area contributed by atoms with Gasteiger partial charge in [0.2, 0.25) is 5.91 Å². The maximum Gasteiger partial charge on any atom is 0.294 e. The first kappa shape index (κ1) is 16.5. The van der Waals surface area contributed by atoms with Crippen LogP contribution in [-0.4, -0.2) is 10.8 Å². The quantitative estimate of drug-likeness (QED) is 0.527. The van der Waals surface area contributed by atoms with Crippen LogP contribution in [0.25, 0.3) is 0 Å². The van der Waals surface area contributed by atoms with Crippen molar-refractivity contribution in [3.05, 3.63) is 57.6 Å². The maximum absolute atomic E-state index is 12.5. The zero-order valence-electron chi connectivity index (χ0n) is 13.4. The first-order valence-corrected chi connectivity index (χ1v) is 7.29. The van der Waals surface area contributed by atoms with Gasteiger partial charge in [0, 0.05) is 12.5 Å². The van der Waals surface area contributed by atoms with Gasteiger partial charge in [-0.25, -0.2) is 0 Å². The molecule has 0 aliphatic rings. The van der Waals surface area contributed by atoms with E-state index in [-0.39, 0.29) is 23.7 Å². The molecule has 2 aromatic carbocycles. The molecular weight excluding hydrogens is 294 g/mol. The van der Waals surface area contributed by atoms with Crippen LogP contribution in [0.2, 0.25) is 0 Å². The van der Waals surface area contributed by atoms with E-state index in [4.69, 9.17) is 5.73 Å². The largest absolute Gasteiger partial charge is 0.393 e. The summed E-state index contributed by atoms with van der Waals surface area (Å²) in [6.45, 7) is 5.59. The summed E-state index contributed by atoms with van der Waals surface area (Å²) in [5.41, 5.74) is 8.59. The van der Waals surface area contributed by atoms with E-state index in [9.17, 15) is 14.9 Å². The Kier molecular flexibility index (Phi) is 4.64. The molecule has 0 saturated carbocycles. The number of carbonyl (C=O) groups excluding carboxylic acids is 1. The second-order valence-corrected chi connectivity index (χ2v) is 5.37. The molecule has 0 unspecified atom stereocenters. The molecule has 0 aliphatic carbocycles. The number of carbonyl (C=O) groups is 1. The Bertz CT molecular complexity index is 772. The lowest BCUT2D eigenvalue weighted by Crippen LogP contribution is -2.26. The van der Waals surface area contributed by atoms with Crippen LogP contribution in [0.15, 0.2) is 36.4 Å². The number of nitrogens with zero attached hydrogens (tertiary/aromatic N) is 2. The third-order valence-corrected chi connectivity index (χ3v) is 3.63. The number of benzene rings is 2. The summed E-state index contributed by atoms with van der Waals surface area (Å²) in [5.74, 6) is -0.141. The fourth-order valence-corrected chi connectivity index (χ4v) is 2.37. The Morgan fingerprint density at radius 1 is 1.22 bits per heavy atom. The highest BCUT2D eigenvalue weighted by molar-refractivity contribution is 6.01. The summed E-state index contributed by atoms with van der Waals surface area (Å²) in [6, 6.07) is 10.2. The maximum atomic E-state index is 12.5. The lowest BCUT2D eigenvalue weighted by Gasteiger charge is -2.25. The number of hydrogen-bond donors (Lipinski definition) is 1. The third-order valence-electron chi connectivity index (χ3n) is 3.63. The fourth-order valence-electron chi connectivity index (χ4n) is 2.37. The van der Waals surface area contributed by atoms with Gasteiger partial charge in [-0.2, -0.15) is 0 Å². The minimum absolute atomic E-state index is 0.0728. The van der Waals surface area contributed by atoms with Crippen LogP contribution in [0.3, 0.4) is 0 Å². The monoisotopic (exact) mass is 313 g/mol. The second-order valence-electron chi connectivity index (χ2n) is 5.37. The number of anilines is 3. The van der Waals surface area contributed by atoms with Crippen molar-refractivity contribution in [2.45, 2.75) is 27.2 Å². The summed E-state index contributed by atoms with van der Waals surface area (Å²) >= 11 is 0. The standard InChI is InChI=1S/C17H19N3O3/c1-4-17(21)19(15-9-11(2)5-6-12(15)3)13-7-8-14(18)16(10-13)20(22)23/h5-10H,4,18H2,1-3H3. The summed E-state index contributed by atoms with van der Waals surface area (Å²) in [7, 11) is 0. The zero-order valence-corrected chi connectivity index (χ0v) is 13.4. The molecule has 0 radical (unpaired) electrons. The van der Waals surface area contributed by atoms with Crippen LogP contribution in [0.1, 0.15) is 24.5 Å². The third kappa shape index (κ3) is 3.31. The molecular formula is C17H19N3O3. The predicted octanol–water partition coefficient (Wildman–Crippen LogP) is 3.87. The second kappa shape index (κ2) is 6.48. The molecule has 6 nitrogen and oxygen atoms in total. The molecule has 2 aromatic rings. The molecule has 120 valence electrons. The Hall–Kier alpha value is -2.89. The highest BCUT2D eigenvalue weighted by atomic mass is 16.6. The van der Waals surface area contributed by atoms with Crippen LogP contribution in [0.5, 0.6) is 0 Å². The highest BCUT2D eigenvalue weighted by Gasteiger charge is 2.22. The first-order valence-electron chi connectivity index (χ1n) is 7.29. The highest BCUT2D eigenvalue weighted by Crippen LogP contribution is 2.34. The molecule has 0 saturated heterocycles. The van der Waals surface area contributed by atoms with Crippen molar-refractivity contribution >= 4 is 28.7 Å². The van der Waals surface area contributed by atoms with Crippen molar-refractivity contribution < 1.29 is 9.72 Å². The lowest BCUT2D eigenvalue weighted by atomic mass is 10.1. The first-order chi connectivity index (χ1) is 10.8. The van der Waals surface area contributed by atoms with Crippen molar-refractivity contribution in [1.29, 1.82) is 0 Å². The van der Waals surface area contributed by atoms with E-state index < -0.39 is 4.92 Å². The van der Waals surface area contributed by atoms with Crippen molar-refractivity contribution in [3.8, 4) is 0 Å². The molecule has 0 spiro atoms. The Morgan fingerprint density at radius 3 is 2.52 bits per heavy atom. The zero-order chi connectivity index (χ0) is 17.1. The predicted molar refractivity (Wildman–Crippen MR) is 90.9 cm³/mol. The number of hydrogen-bond acceptors (Lipinski definition) is 4. The van der Waals surface area contributed by atoms with E-state index in [1.807, 2.05) is 32.0 Å². The van der Waals surface area contributed by atoms with Crippen LogP contribution in [-0.2, 0) is 4.79 Å². The average molecular weight is 313 g/mol. The van der Waals surface area contributed by atoms with Crippen LogP contribution < -0.4 is 10.6 Å². The van der Waals surface area contributed by atoms with E-state index in [1.165, 1.54) is 17.0 Å². The van der Waals surface area contributed by atoms with E-state index in [0.717, 1.165) is 16.8 Å². The van der Waals surface area contributed by atoms with Crippen molar-refractivity contribution in [2.75, 3.05) is 10.6 Å². The smallest absolute Gasteiger partial charge is 0.294 e. The number of nitro benzene ring substituents is 1. The van der Waals surface area contributed by atoms with Crippen molar-refractivity contribution in [3.63, 3.8) is 0 Å². The molecule has 2 N–H and O–H groups in total. The average Bonchev–Trinajstić information content (AvgIpc) is 2.51. The minimum Gasteiger partial charge on any atom is -0.393 e. The number of rotatable bonds is 4. The van der Waals surface area contributed by atoms with Crippen molar-refractivity contribution in [1.82, 2.24) is 0 Å². The molecule has 0 atom stereocenters. The van der Waals surface area contributed by atoms with Gasteiger partial charge in [-0.05, 0) is 43.2 Å². The van der Waals surface area contributed by atoms with Gasteiger partial charge in [0.1, 0.15) is 5.69 Å². The summed E-state index contributed by atoms with van der Waals surface area (Å²) in [6.07, 6.45) is 0.283. The SMILES string of the molecule is CCC(=O)N(c1ccc(N)c([N+](=O)[O-])c1)c1cc(C)ccc1C. The van der Waals surface area contributed by atoms with Crippen LogP contribution in [0.4, 0.5) is 22.7 Å². The Labute approximate surface area is 134 Å². The van der Waals surface area contributed by atoms with Gasteiger partial charge in [-0.3, -0.25) is 19.8 Å². The molecule has 0 aromatic heterocycles. The van der Waals surface area contributed by atoms with Crippen LogP contribution >= 0.6 is 0 Å². The molecule has 0 heterocycles. The van der Waals surface area contributed by atoms with E-state index in [1.54, 1.807) is 13.0 Å². The van der Waals surface area contributed by atoms with Gasteiger partial charge in [0.05, 0.1) is 16.3 Å². The van der Waals surface area contributed by atoms with Crippen LogP contribution in [0, 0.1) is 24.0 Å². The molecule has 6 heteroatoms. The lowest BCUT2D eigenvalue weighted by molar-refractivity contribution is -0.383. The van der Waals surface area contributed by atoms with Gasteiger partial charge in [-0.1, -0.05) is 19.1 Å². The molecule has 23 heavy (non-hydrogen) atoms. The number of amides is 1. The van der Waals surface area contributed by atoms with Gasteiger partial charge in [-0.15, -0.1) is 0 Å². The van der Waals surface area contributed by atoms with Crippen molar-refractivity contribution in [2.24, 2.45) is 0 Å². The minimum atomic E-state index is -0.545. The van der Waals surface area contributed by atoms with Gasteiger partial charge in [0.25, 0.3) is 5.69 Å². The Balaban J connectivity index is 2.65. The number of nitrogen functional groups attached to an aromatic ring is 1. The number of aryl methyl sites for hydroxylation is 2. The topological polar surface area (TPSA) is 89.5 Å².